The average Bonchev–Trinajstić information content (AvgIpc) is 3.03. The van der Waals surface area contributed by atoms with Gasteiger partial charge < -0.3 is 15.4 Å². The molecule has 1 fully saturated rings. The summed E-state index contributed by atoms with van der Waals surface area (Å²) < 4.78 is 102. The van der Waals surface area contributed by atoms with Crippen LogP contribution in [-0.4, -0.2) is 44.3 Å². The number of halogens is 6. The van der Waals surface area contributed by atoms with E-state index in [1.807, 2.05) is 4.72 Å². The van der Waals surface area contributed by atoms with Gasteiger partial charge in [-0.25, -0.2) is 27.9 Å². The van der Waals surface area contributed by atoms with Crippen LogP contribution in [-0.2, 0) is 22.9 Å². The molecule has 1 aromatic carbocycles. The molecule has 1 saturated heterocycles. The minimum atomic E-state index is -4.66. The molecular formula is C28H27F6N7O2S. The summed E-state index contributed by atoms with van der Waals surface area (Å²) in [7, 11) is -0.645. The minimum absolute atomic E-state index is 0.0823. The Labute approximate surface area is 251 Å². The smallest absolute Gasteiger partial charge is 0.433 e. The highest BCUT2D eigenvalue weighted by atomic mass is 32.2. The number of piperidine rings is 1. The summed E-state index contributed by atoms with van der Waals surface area (Å²) >= 11 is 0. The van der Waals surface area contributed by atoms with E-state index >= 15 is 0 Å². The van der Waals surface area contributed by atoms with Gasteiger partial charge in [0.1, 0.15) is 22.4 Å². The van der Waals surface area contributed by atoms with E-state index < -0.39 is 57.5 Å². The van der Waals surface area contributed by atoms with Crippen molar-refractivity contribution in [3.05, 3.63) is 83.7 Å². The predicted octanol–water partition coefficient (Wildman–Crippen LogP) is 6.24. The molecule has 1 atom stereocenters. The Morgan fingerprint density at radius 1 is 0.977 bits per heavy atom. The molecule has 5 rings (SSSR count). The summed E-state index contributed by atoms with van der Waals surface area (Å²) in [6.07, 6.45) is 3.15. The van der Waals surface area contributed by atoms with Crippen molar-refractivity contribution in [2.24, 2.45) is 0 Å². The zero-order chi connectivity index (χ0) is 31.7. The second-order valence-electron chi connectivity index (χ2n) is 9.29. The van der Waals surface area contributed by atoms with Crippen LogP contribution in [0.4, 0.5) is 38.0 Å². The molecule has 3 N–H and O–H groups in total. The molecule has 44 heavy (non-hydrogen) atoms. The molecule has 0 bridgehead atoms. The normalized spacial score (nSPS) is 13.8. The first-order valence-electron chi connectivity index (χ1n) is 13.3. The Kier molecular flexibility index (Phi) is 11.1. The molecule has 9 nitrogen and oxygen atoms in total. The number of anilines is 2. The van der Waals surface area contributed by atoms with Crippen molar-refractivity contribution in [1.29, 1.82) is 0 Å². The Morgan fingerprint density at radius 3 is 2.36 bits per heavy atom. The van der Waals surface area contributed by atoms with Crippen molar-refractivity contribution in [3.63, 3.8) is 0 Å². The van der Waals surface area contributed by atoms with Gasteiger partial charge in [0.2, 0.25) is 17.6 Å². The highest BCUT2D eigenvalue weighted by molar-refractivity contribution is 7.85. The van der Waals surface area contributed by atoms with Gasteiger partial charge in [-0.15, -0.1) is 0 Å². The van der Waals surface area contributed by atoms with E-state index in [1.54, 1.807) is 19.2 Å². The second-order valence-corrected chi connectivity index (χ2v) is 10.5. The molecule has 0 spiro atoms. The molecule has 0 amide bonds. The predicted molar refractivity (Wildman–Crippen MR) is 153 cm³/mol. The summed E-state index contributed by atoms with van der Waals surface area (Å²) in [5.41, 5.74) is -1.52. The lowest BCUT2D eigenvalue weighted by molar-refractivity contribution is -0.141. The van der Waals surface area contributed by atoms with Crippen molar-refractivity contribution in [3.8, 4) is 22.9 Å². The molecular weight excluding hydrogens is 612 g/mol. The van der Waals surface area contributed by atoms with Crippen molar-refractivity contribution < 1.29 is 35.3 Å². The standard InChI is InChI=1S/C23H16F6N6O2S.C5H11N/c1-30-22-32-8-6-15(34-22)13-3-2-7-31-21(13)37-16-9-14(24)20(19(26)18(16)25)35-38(36)11-12-4-5-17(33-10-12)23(27,28)29;1-2-4-6-5-3-1/h2-10,35H,11H2,1H3,(H,30,32,34);6H,1-5H2. The number of nitrogens with zero attached hydrogens (tertiary/aromatic N) is 4. The number of pyridine rings is 2. The number of hydrogen-bond donors (Lipinski definition) is 3. The van der Waals surface area contributed by atoms with Crippen LogP contribution < -0.4 is 20.1 Å². The van der Waals surface area contributed by atoms with Crippen LogP contribution in [0, 0.1) is 17.5 Å². The number of rotatable bonds is 8. The Bertz CT molecular complexity index is 1580. The van der Waals surface area contributed by atoms with Crippen molar-refractivity contribution in [1.82, 2.24) is 25.3 Å². The number of aromatic nitrogens is 4. The van der Waals surface area contributed by atoms with Crippen LogP contribution in [0.5, 0.6) is 11.6 Å². The number of nitrogens with one attached hydrogen (secondary N) is 3. The maximum Gasteiger partial charge on any atom is 0.433 e. The molecule has 234 valence electrons. The molecule has 4 aromatic rings. The Morgan fingerprint density at radius 2 is 1.75 bits per heavy atom. The third-order valence-corrected chi connectivity index (χ3v) is 7.12. The highest BCUT2D eigenvalue weighted by Crippen LogP contribution is 2.35. The van der Waals surface area contributed by atoms with Gasteiger partial charge in [-0.1, -0.05) is 12.5 Å². The van der Waals surface area contributed by atoms with E-state index in [4.69, 9.17) is 4.74 Å². The average molecular weight is 640 g/mol. The lowest BCUT2D eigenvalue weighted by Gasteiger charge is -2.14. The van der Waals surface area contributed by atoms with Crippen LogP contribution in [0.25, 0.3) is 11.3 Å². The van der Waals surface area contributed by atoms with Crippen LogP contribution in [0.2, 0.25) is 0 Å². The molecule has 1 aliphatic heterocycles. The number of ether oxygens (including phenoxy) is 1. The first-order chi connectivity index (χ1) is 21.1. The number of benzene rings is 1. The zero-order valence-corrected chi connectivity index (χ0v) is 24.0. The third kappa shape index (κ3) is 8.63. The quantitative estimate of drug-likeness (QED) is 0.153. The Balaban J connectivity index is 0.000000657. The topological polar surface area (TPSA) is 114 Å². The van der Waals surface area contributed by atoms with E-state index in [0.29, 0.717) is 17.8 Å². The van der Waals surface area contributed by atoms with Gasteiger partial charge in [0, 0.05) is 31.7 Å². The molecule has 4 heterocycles. The molecule has 1 unspecified atom stereocenters. The van der Waals surface area contributed by atoms with Crippen LogP contribution in [0.3, 0.4) is 0 Å². The third-order valence-electron chi connectivity index (χ3n) is 6.09. The maximum atomic E-state index is 14.8. The molecule has 3 aromatic heterocycles. The molecule has 0 aliphatic carbocycles. The first-order valence-corrected chi connectivity index (χ1v) is 14.6. The van der Waals surface area contributed by atoms with E-state index in [1.165, 1.54) is 50.8 Å². The molecule has 0 saturated carbocycles. The maximum absolute atomic E-state index is 14.8. The van der Waals surface area contributed by atoms with Gasteiger partial charge in [-0.05, 0) is 55.8 Å². The van der Waals surface area contributed by atoms with Crippen molar-refractivity contribution in [2.45, 2.75) is 31.2 Å². The second kappa shape index (κ2) is 14.9. The van der Waals surface area contributed by atoms with Gasteiger partial charge >= 0.3 is 6.18 Å². The lowest BCUT2D eigenvalue weighted by atomic mass is 10.2. The van der Waals surface area contributed by atoms with Gasteiger partial charge in [-0.2, -0.15) is 17.6 Å². The fraction of sp³-hybridized carbons (Fsp3) is 0.286. The van der Waals surface area contributed by atoms with Gasteiger partial charge in [0.25, 0.3) is 0 Å². The van der Waals surface area contributed by atoms with E-state index in [2.05, 4.69) is 30.6 Å². The Hall–Kier alpha value is -4.31. The van der Waals surface area contributed by atoms with Crippen LogP contribution in [0.1, 0.15) is 30.5 Å². The fourth-order valence-corrected chi connectivity index (χ4v) is 4.88. The van der Waals surface area contributed by atoms with Crippen molar-refractivity contribution in [2.75, 3.05) is 30.2 Å². The summed E-state index contributed by atoms with van der Waals surface area (Å²) in [5.74, 6) is -5.90. The summed E-state index contributed by atoms with van der Waals surface area (Å²) in [6, 6.07) is 6.85. The van der Waals surface area contributed by atoms with Crippen LogP contribution >= 0.6 is 0 Å². The summed E-state index contributed by atoms with van der Waals surface area (Å²) in [4.78, 5) is 15.4. The van der Waals surface area contributed by atoms with Gasteiger partial charge in [-0.3, -0.25) is 9.71 Å². The largest absolute Gasteiger partial charge is 0.435 e. The van der Waals surface area contributed by atoms with E-state index in [-0.39, 0.29) is 23.0 Å². The van der Waals surface area contributed by atoms with Gasteiger partial charge in [0.05, 0.1) is 17.0 Å². The molecule has 16 heteroatoms. The summed E-state index contributed by atoms with van der Waals surface area (Å²) in [5, 5.41) is 6.04. The van der Waals surface area contributed by atoms with Gasteiger partial charge in [0.15, 0.2) is 17.4 Å². The zero-order valence-electron chi connectivity index (χ0n) is 23.2. The minimum Gasteiger partial charge on any atom is -0.435 e. The monoisotopic (exact) mass is 639 g/mol. The molecule has 1 aliphatic rings. The molecule has 0 radical (unpaired) electrons. The lowest BCUT2D eigenvalue weighted by Crippen LogP contribution is -2.21. The fourth-order valence-electron chi connectivity index (χ4n) is 3.92. The summed E-state index contributed by atoms with van der Waals surface area (Å²) in [6.45, 7) is 2.50. The highest BCUT2D eigenvalue weighted by Gasteiger charge is 2.32. The first kappa shape index (κ1) is 32.6. The van der Waals surface area contributed by atoms with Crippen LogP contribution in [0.15, 0.2) is 55.0 Å². The SMILES string of the molecule is C1CCNCC1.CNc1nccc(-c2cccnc2Oc2cc(F)c(NS(=O)Cc3ccc(C(F)(F)F)nc3)c(F)c2F)n1. The van der Waals surface area contributed by atoms with E-state index in [0.717, 1.165) is 12.3 Å². The van der Waals surface area contributed by atoms with Crippen molar-refractivity contribution >= 4 is 22.6 Å². The van der Waals surface area contributed by atoms with E-state index in [9.17, 15) is 30.6 Å². The number of hydrogen-bond acceptors (Lipinski definition) is 8. The number of alkyl halides is 3.